The summed E-state index contributed by atoms with van der Waals surface area (Å²) >= 11 is 4.53. The molecule has 0 saturated heterocycles. The average Bonchev–Trinajstić information content (AvgIpc) is 1.35. The highest BCUT2D eigenvalue weighted by Gasteiger charge is 1.87. The van der Waals surface area contributed by atoms with E-state index in [0.717, 1.165) is 0 Å². The van der Waals surface area contributed by atoms with Gasteiger partial charge in [0.1, 0.15) is 4.70 Å². The molecule has 0 amide bonds. The van der Waals surface area contributed by atoms with Gasteiger partial charge >= 0.3 is 5.30 Å². The minimum atomic E-state index is -1.01. The highest BCUT2D eigenvalue weighted by molar-refractivity contribution is 8.30. The monoisotopic (exact) mass is 121 g/mol. The summed E-state index contributed by atoms with van der Waals surface area (Å²) in [5, 5.41) is 6.74. The molecule has 0 aliphatic heterocycles. The van der Waals surface area contributed by atoms with Gasteiger partial charge in [-0.25, -0.2) is 4.79 Å². The lowest BCUT2D eigenvalue weighted by atomic mass is 11.6. The molecule has 0 bridgehead atoms. The van der Waals surface area contributed by atoms with Crippen molar-refractivity contribution in [3.63, 3.8) is 0 Å². The molecule has 2 nitrogen and oxygen atoms in total. The van der Waals surface area contributed by atoms with E-state index in [1.54, 1.807) is 0 Å². The van der Waals surface area contributed by atoms with Crippen LogP contribution in [0.2, 0.25) is 0 Å². The number of hydrogen-bond acceptors (Lipinski definition) is 3. The fourth-order valence-electron chi connectivity index (χ4n) is 0.0356. The first kappa shape index (κ1) is 5.91. The van der Waals surface area contributed by atoms with Gasteiger partial charge in [-0.15, -0.1) is 0 Å². The largest absolute Gasteiger partial charge is 0.473 e. The van der Waals surface area contributed by atoms with Gasteiger partial charge in [0.25, 0.3) is 0 Å². The molecule has 0 saturated carbocycles. The standard InChI is InChI=1S/C2HO2S2/c3-2(4)6-1-5/h(H,3,4). The molecule has 0 aromatic carbocycles. The van der Waals surface area contributed by atoms with E-state index in [9.17, 15) is 4.79 Å². The average molecular weight is 121 g/mol. The highest BCUT2D eigenvalue weighted by Crippen LogP contribution is 1.92. The molecule has 0 unspecified atom stereocenters. The van der Waals surface area contributed by atoms with Gasteiger partial charge in [-0.05, 0) is 0 Å². The van der Waals surface area contributed by atoms with Crippen LogP contribution >= 0.6 is 24.0 Å². The Morgan fingerprint density at radius 3 is 2.50 bits per heavy atom. The topological polar surface area (TPSA) is 37.3 Å². The van der Waals surface area contributed by atoms with Crippen molar-refractivity contribution in [2.45, 2.75) is 0 Å². The molecule has 6 heavy (non-hydrogen) atoms. The van der Waals surface area contributed by atoms with E-state index in [0.29, 0.717) is 11.8 Å². The highest BCUT2D eigenvalue weighted by atomic mass is 32.2. The molecule has 0 rings (SSSR count). The van der Waals surface area contributed by atoms with Crippen molar-refractivity contribution in [2.24, 2.45) is 0 Å². The Morgan fingerprint density at radius 2 is 2.50 bits per heavy atom. The molecule has 0 fully saturated rings. The smallest absolute Gasteiger partial charge is 0.370 e. The van der Waals surface area contributed by atoms with E-state index >= 15 is 0 Å². The molecular weight excluding hydrogens is 120 g/mol. The quantitative estimate of drug-likeness (QED) is 0.529. The minimum Gasteiger partial charge on any atom is -0.473 e. The fraction of sp³-hybridized carbons (Fsp3) is 0. The van der Waals surface area contributed by atoms with Crippen LogP contribution in [0.3, 0.4) is 0 Å². The molecule has 0 aromatic rings. The van der Waals surface area contributed by atoms with Gasteiger partial charge in [-0.1, -0.05) is 12.2 Å². The molecule has 0 aliphatic rings. The van der Waals surface area contributed by atoms with Crippen LogP contribution in [-0.4, -0.2) is 15.1 Å². The Morgan fingerprint density at radius 1 is 2.00 bits per heavy atom. The molecule has 4 heteroatoms. The lowest BCUT2D eigenvalue weighted by Gasteiger charge is -1.71. The van der Waals surface area contributed by atoms with Crippen LogP contribution in [0.1, 0.15) is 0 Å². The number of hydrogen-bond donors (Lipinski definition) is 1. The van der Waals surface area contributed by atoms with E-state index in [1.165, 1.54) is 0 Å². The summed E-state index contributed by atoms with van der Waals surface area (Å²) in [6.07, 6.45) is 0. The number of thiocarbonyl (C=S) groups is 1. The summed E-state index contributed by atoms with van der Waals surface area (Å²) in [6, 6.07) is 0. The van der Waals surface area contributed by atoms with Gasteiger partial charge in [0, 0.05) is 11.8 Å². The predicted molar refractivity (Wildman–Crippen MR) is 28.2 cm³/mol. The lowest BCUT2D eigenvalue weighted by Crippen LogP contribution is -1.78. The van der Waals surface area contributed by atoms with Crippen molar-refractivity contribution in [3.05, 3.63) is 0 Å². The summed E-state index contributed by atoms with van der Waals surface area (Å²) < 4.78 is 1.97. The maximum Gasteiger partial charge on any atom is 0.370 e. The Kier molecular flexibility index (Phi) is 3.07. The van der Waals surface area contributed by atoms with Crippen LogP contribution in [-0.2, 0) is 0 Å². The van der Waals surface area contributed by atoms with E-state index in [4.69, 9.17) is 5.11 Å². The van der Waals surface area contributed by atoms with Gasteiger partial charge in [0.05, 0.1) is 0 Å². The number of carbonyl (C=O) groups is 1. The third kappa shape index (κ3) is 3.91. The van der Waals surface area contributed by atoms with Crippen molar-refractivity contribution in [1.29, 1.82) is 0 Å². The molecule has 1 radical (unpaired) electrons. The fourth-order valence-corrected chi connectivity index (χ4v) is 0.321. The zero-order chi connectivity index (χ0) is 4.99. The molecular formula is C2HO2S2. The lowest BCUT2D eigenvalue weighted by molar-refractivity contribution is 0.222. The first-order valence-corrected chi connectivity index (χ1v) is 2.26. The molecule has 1 N–H and O–H groups in total. The second-order valence-electron chi connectivity index (χ2n) is 0.451. The van der Waals surface area contributed by atoms with Crippen LogP contribution in [0.5, 0.6) is 0 Å². The number of thioether (sulfide) groups is 1. The van der Waals surface area contributed by atoms with E-state index in [1.807, 2.05) is 4.70 Å². The van der Waals surface area contributed by atoms with Crippen LogP contribution < -0.4 is 0 Å². The van der Waals surface area contributed by atoms with Crippen molar-refractivity contribution >= 4 is 34.0 Å². The number of carboxylic acid groups (broad SMARTS) is 1. The first-order chi connectivity index (χ1) is 2.77. The Balaban J connectivity index is 3.05. The molecule has 0 aromatic heterocycles. The Hall–Kier alpha value is -0.0900. The normalized spacial score (nSPS) is 7.33. The second kappa shape index (κ2) is 3.11. The SMILES string of the molecule is O=C(O)S[C]=S. The van der Waals surface area contributed by atoms with Gasteiger partial charge in [0.15, 0.2) is 0 Å². The molecule has 0 aliphatic carbocycles. The molecule has 33 valence electrons. The van der Waals surface area contributed by atoms with E-state index in [-0.39, 0.29) is 0 Å². The van der Waals surface area contributed by atoms with Gasteiger partial charge in [-0.3, -0.25) is 0 Å². The third-order valence-electron chi connectivity index (χ3n) is 0.129. The van der Waals surface area contributed by atoms with Crippen molar-refractivity contribution in [2.75, 3.05) is 0 Å². The maximum atomic E-state index is 9.43. The second-order valence-corrected chi connectivity index (χ2v) is 1.67. The number of rotatable bonds is 1. The van der Waals surface area contributed by atoms with Crippen molar-refractivity contribution in [3.8, 4) is 0 Å². The van der Waals surface area contributed by atoms with Crippen LogP contribution in [0.4, 0.5) is 4.79 Å². The minimum absolute atomic E-state index is 0.468. The van der Waals surface area contributed by atoms with E-state index < -0.39 is 5.30 Å². The summed E-state index contributed by atoms with van der Waals surface area (Å²) in [6.45, 7) is 0. The molecule has 0 heterocycles. The summed E-state index contributed by atoms with van der Waals surface area (Å²) in [5.41, 5.74) is 0. The maximum absolute atomic E-state index is 9.43. The van der Waals surface area contributed by atoms with E-state index in [2.05, 4.69) is 12.2 Å². The van der Waals surface area contributed by atoms with Crippen LogP contribution in [0.15, 0.2) is 0 Å². The molecule has 0 atom stereocenters. The van der Waals surface area contributed by atoms with Crippen molar-refractivity contribution in [1.82, 2.24) is 0 Å². The summed E-state index contributed by atoms with van der Waals surface area (Å²) in [4.78, 5) is 9.43. The molecule has 0 spiro atoms. The Bertz CT molecular complexity index is 69.9. The van der Waals surface area contributed by atoms with Crippen LogP contribution in [0, 0.1) is 0 Å². The third-order valence-corrected chi connectivity index (χ3v) is 0.637. The van der Waals surface area contributed by atoms with Gasteiger partial charge < -0.3 is 5.11 Å². The summed E-state index contributed by atoms with van der Waals surface area (Å²) in [5.74, 6) is 0. The predicted octanol–water partition coefficient (Wildman–Crippen LogP) is 1.23. The van der Waals surface area contributed by atoms with Gasteiger partial charge in [-0.2, -0.15) is 0 Å². The van der Waals surface area contributed by atoms with Gasteiger partial charge in [0.2, 0.25) is 0 Å². The van der Waals surface area contributed by atoms with Crippen LogP contribution in [0.25, 0.3) is 0 Å². The first-order valence-electron chi connectivity index (χ1n) is 1.04. The summed E-state index contributed by atoms with van der Waals surface area (Å²) in [7, 11) is 0. The zero-order valence-corrected chi connectivity index (χ0v) is 4.30. The Labute approximate surface area is 44.5 Å². The van der Waals surface area contributed by atoms with Crippen molar-refractivity contribution < 1.29 is 9.90 Å². The zero-order valence-electron chi connectivity index (χ0n) is 2.67.